The van der Waals surface area contributed by atoms with Crippen LogP contribution in [0.1, 0.15) is 11.5 Å². The first-order valence-corrected chi connectivity index (χ1v) is 4.95. The molecule has 0 amide bonds. The number of rotatable bonds is 4. The molecule has 2 heteroatoms. The van der Waals surface area contributed by atoms with Gasteiger partial charge in [-0.3, -0.25) is 0 Å². The summed E-state index contributed by atoms with van der Waals surface area (Å²) in [5.41, 5.74) is 1.32. The molecule has 0 aromatic heterocycles. The number of fused-ring (bicyclic) bond motifs is 1. The van der Waals surface area contributed by atoms with E-state index < -0.39 is 0 Å². The summed E-state index contributed by atoms with van der Waals surface area (Å²) in [6.45, 7) is 6.29. The van der Waals surface area contributed by atoms with E-state index in [0.29, 0.717) is 5.92 Å². The average molecular weight is 189 g/mol. The lowest BCUT2D eigenvalue weighted by molar-refractivity contribution is 0.327. The van der Waals surface area contributed by atoms with Crippen LogP contribution >= 0.6 is 0 Å². The van der Waals surface area contributed by atoms with Crippen LogP contribution in [0.25, 0.3) is 0 Å². The summed E-state index contributed by atoms with van der Waals surface area (Å²) >= 11 is 0. The Morgan fingerprint density at radius 3 is 3.21 bits per heavy atom. The molecular formula is C12H15NO. The first kappa shape index (κ1) is 9.28. The fourth-order valence-electron chi connectivity index (χ4n) is 1.76. The van der Waals surface area contributed by atoms with Gasteiger partial charge >= 0.3 is 0 Å². The van der Waals surface area contributed by atoms with Crippen molar-refractivity contribution in [2.75, 3.05) is 19.7 Å². The third-order valence-corrected chi connectivity index (χ3v) is 2.48. The first-order valence-electron chi connectivity index (χ1n) is 4.95. The van der Waals surface area contributed by atoms with Crippen molar-refractivity contribution >= 4 is 0 Å². The van der Waals surface area contributed by atoms with Crippen LogP contribution in [0.3, 0.4) is 0 Å². The predicted molar refractivity (Wildman–Crippen MR) is 57.7 cm³/mol. The quantitative estimate of drug-likeness (QED) is 0.577. The standard InChI is InChI=1S/C12H15NO/c1-2-7-13-8-10-9-14-12-6-4-3-5-11(10)12/h2-6,10,13H,1,7-9H2. The summed E-state index contributed by atoms with van der Waals surface area (Å²) in [7, 11) is 0. The maximum atomic E-state index is 5.58. The number of hydrogen-bond acceptors (Lipinski definition) is 2. The van der Waals surface area contributed by atoms with Crippen LogP contribution in [0, 0.1) is 0 Å². The first-order chi connectivity index (χ1) is 6.92. The van der Waals surface area contributed by atoms with E-state index in [9.17, 15) is 0 Å². The van der Waals surface area contributed by atoms with Gasteiger partial charge in [0.2, 0.25) is 0 Å². The summed E-state index contributed by atoms with van der Waals surface area (Å²) in [4.78, 5) is 0. The van der Waals surface area contributed by atoms with Gasteiger partial charge in [-0.15, -0.1) is 6.58 Å². The molecule has 1 atom stereocenters. The molecule has 0 saturated carbocycles. The van der Waals surface area contributed by atoms with E-state index >= 15 is 0 Å². The zero-order valence-electron chi connectivity index (χ0n) is 8.20. The number of para-hydroxylation sites is 1. The van der Waals surface area contributed by atoms with Crippen LogP contribution in [0.15, 0.2) is 36.9 Å². The van der Waals surface area contributed by atoms with Crippen LogP contribution in [-0.2, 0) is 0 Å². The van der Waals surface area contributed by atoms with Crippen molar-refractivity contribution in [3.05, 3.63) is 42.5 Å². The molecule has 74 valence electrons. The lowest BCUT2D eigenvalue weighted by Crippen LogP contribution is -2.22. The number of benzene rings is 1. The minimum atomic E-state index is 0.492. The van der Waals surface area contributed by atoms with Gasteiger partial charge in [0.05, 0.1) is 6.61 Å². The van der Waals surface area contributed by atoms with E-state index in [0.717, 1.165) is 25.4 Å². The van der Waals surface area contributed by atoms with Gasteiger partial charge < -0.3 is 10.1 Å². The average Bonchev–Trinajstić information content (AvgIpc) is 2.63. The molecule has 1 aromatic carbocycles. The Morgan fingerprint density at radius 2 is 2.36 bits per heavy atom. The van der Waals surface area contributed by atoms with E-state index in [1.165, 1.54) is 5.56 Å². The molecule has 1 unspecified atom stereocenters. The van der Waals surface area contributed by atoms with Gasteiger partial charge in [-0.1, -0.05) is 24.3 Å². The van der Waals surface area contributed by atoms with Crippen LogP contribution in [-0.4, -0.2) is 19.7 Å². The van der Waals surface area contributed by atoms with Crippen molar-refractivity contribution in [2.24, 2.45) is 0 Å². The monoisotopic (exact) mass is 189 g/mol. The number of nitrogens with one attached hydrogen (secondary N) is 1. The van der Waals surface area contributed by atoms with Crippen molar-refractivity contribution in [1.82, 2.24) is 5.32 Å². The maximum absolute atomic E-state index is 5.58. The smallest absolute Gasteiger partial charge is 0.122 e. The number of ether oxygens (including phenoxy) is 1. The molecule has 0 fully saturated rings. The molecule has 1 heterocycles. The zero-order chi connectivity index (χ0) is 9.80. The minimum Gasteiger partial charge on any atom is -0.493 e. The van der Waals surface area contributed by atoms with E-state index in [1.54, 1.807) is 0 Å². The van der Waals surface area contributed by atoms with E-state index in [1.807, 2.05) is 18.2 Å². The zero-order valence-corrected chi connectivity index (χ0v) is 8.20. The van der Waals surface area contributed by atoms with Crippen LogP contribution in [0.5, 0.6) is 5.75 Å². The Labute approximate surface area is 84.6 Å². The third-order valence-electron chi connectivity index (χ3n) is 2.48. The van der Waals surface area contributed by atoms with Crippen molar-refractivity contribution < 1.29 is 4.74 Å². The van der Waals surface area contributed by atoms with Crippen molar-refractivity contribution in [2.45, 2.75) is 5.92 Å². The molecule has 2 rings (SSSR count). The van der Waals surface area contributed by atoms with Gasteiger partial charge in [0.25, 0.3) is 0 Å². The van der Waals surface area contributed by atoms with Gasteiger partial charge in [-0.25, -0.2) is 0 Å². The molecule has 1 aliphatic rings. The fourth-order valence-corrected chi connectivity index (χ4v) is 1.76. The second-order valence-electron chi connectivity index (χ2n) is 3.49. The molecule has 0 bridgehead atoms. The van der Waals surface area contributed by atoms with Crippen molar-refractivity contribution in [3.63, 3.8) is 0 Å². The van der Waals surface area contributed by atoms with Crippen molar-refractivity contribution in [1.29, 1.82) is 0 Å². The van der Waals surface area contributed by atoms with E-state index in [-0.39, 0.29) is 0 Å². The van der Waals surface area contributed by atoms with Crippen LogP contribution < -0.4 is 10.1 Å². The Morgan fingerprint density at radius 1 is 1.50 bits per heavy atom. The van der Waals surface area contributed by atoms with Gasteiger partial charge in [0, 0.05) is 24.6 Å². The largest absolute Gasteiger partial charge is 0.493 e. The predicted octanol–water partition coefficient (Wildman–Crippen LogP) is 1.94. The molecule has 0 saturated heterocycles. The highest BCUT2D eigenvalue weighted by Gasteiger charge is 2.22. The molecule has 0 radical (unpaired) electrons. The van der Waals surface area contributed by atoms with Crippen LogP contribution in [0.2, 0.25) is 0 Å². The third kappa shape index (κ3) is 1.80. The highest BCUT2D eigenvalue weighted by molar-refractivity contribution is 5.39. The molecule has 1 aliphatic heterocycles. The van der Waals surface area contributed by atoms with E-state index in [2.05, 4.69) is 24.0 Å². The minimum absolute atomic E-state index is 0.492. The van der Waals surface area contributed by atoms with Crippen LogP contribution in [0.4, 0.5) is 0 Å². The lowest BCUT2D eigenvalue weighted by Gasteiger charge is -2.08. The molecule has 0 spiro atoms. The van der Waals surface area contributed by atoms with Gasteiger partial charge in [-0.2, -0.15) is 0 Å². The van der Waals surface area contributed by atoms with Crippen molar-refractivity contribution in [3.8, 4) is 5.75 Å². The normalized spacial score (nSPS) is 18.7. The summed E-state index contributed by atoms with van der Waals surface area (Å²) in [6.07, 6.45) is 1.88. The SMILES string of the molecule is C=CCNCC1COc2ccccc21. The Balaban J connectivity index is 1.99. The Kier molecular flexibility index (Phi) is 2.84. The van der Waals surface area contributed by atoms with Gasteiger partial charge in [-0.05, 0) is 6.07 Å². The molecule has 1 N–H and O–H groups in total. The highest BCUT2D eigenvalue weighted by atomic mass is 16.5. The molecule has 0 aliphatic carbocycles. The second-order valence-corrected chi connectivity index (χ2v) is 3.49. The molecular weight excluding hydrogens is 174 g/mol. The molecule has 14 heavy (non-hydrogen) atoms. The summed E-state index contributed by atoms with van der Waals surface area (Å²) in [6, 6.07) is 8.25. The van der Waals surface area contributed by atoms with E-state index in [4.69, 9.17) is 4.74 Å². The number of hydrogen-bond donors (Lipinski definition) is 1. The van der Waals surface area contributed by atoms with Gasteiger partial charge in [0.15, 0.2) is 0 Å². The maximum Gasteiger partial charge on any atom is 0.122 e. The molecule has 1 aromatic rings. The lowest BCUT2D eigenvalue weighted by atomic mass is 10.0. The summed E-state index contributed by atoms with van der Waals surface area (Å²) in [5.74, 6) is 1.53. The van der Waals surface area contributed by atoms with Gasteiger partial charge in [0.1, 0.15) is 5.75 Å². The second kappa shape index (κ2) is 4.29. The topological polar surface area (TPSA) is 21.3 Å². The highest BCUT2D eigenvalue weighted by Crippen LogP contribution is 2.32. The Bertz CT molecular complexity index is 322. The Hall–Kier alpha value is -1.28. The summed E-state index contributed by atoms with van der Waals surface area (Å²) in [5, 5.41) is 3.32. The molecule has 2 nitrogen and oxygen atoms in total. The fraction of sp³-hybridized carbons (Fsp3) is 0.333. The summed E-state index contributed by atoms with van der Waals surface area (Å²) < 4.78 is 5.58.